The van der Waals surface area contributed by atoms with Crippen molar-refractivity contribution >= 4 is 11.8 Å². The molecule has 0 saturated heterocycles. The molecule has 0 heterocycles. The van der Waals surface area contributed by atoms with Gasteiger partial charge >= 0.3 is 5.97 Å². The molecule has 0 aromatic carbocycles. The molecular weight excluding hydrogens is 292 g/mol. The van der Waals surface area contributed by atoms with Crippen LogP contribution in [0.15, 0.2) is 0 Å². The Morgan fingerprint density at radius 1 is 1.04 bits per heavy atom. The number of esters is 1. The summed E-state index contributed by atoms with van der Waals surface area (Å²) in [6, 6.07) is 0. The number of hydrogen-bond acceptors (Lipinski definition) is 4. The van der Waals surface area contributed by atoms with E-state index in [1.165, 1.54) is 19.3 Å². The highest BCUT2D eigenvalue weighted by molar-refractivity contribution is 5.86. The van der Waals surface area contributed by atoms with Gasteiger partial charge < -0.3 is 9.47 Å². The van der Waals surface area contributed by atoms with Gasteiger partial charge in [0.2, 0.25) is 0 Å². The van der Waals surface area contributed by atoms with Crippen molar-refractivity contribution in [1.82, 2.24) is 0 Å². The van der Waals surface area contributed by atoms with E-state index in [4.69, 9.17) is 9.47 Å². The van der Waals surface area contributed by atoms with Crippen LogP contribution >= 0.6 is 0 Å². The minimum absolute atomic E-state index is 0.0893. The standard InChI is InChI=1S/C19H30O4/c1-4-18(2,3)17(21)23-12-22-11-16(20)19-8-13-5-14(9-19)7-15(6-13)10-19/h13-15H,4-12H2,1-3H3. The van der Waals surface area contributed by atoms with Crippen molar-refractivity contribution in [3.63, 3.8) is 0 Å². The zero-order chi connectivity index (χ0) is 16.7. The van der Waals surface area contributed by atoms with Crippen molar-refractivity contribution in [2.75, 3.05) is 13.4 Å². The molecule has 0 spiro atoms. The van der Waals surface area contributed by atoms with E-state index in [9.17, 15) is 9.59 Å². The fourth-order valence-electron chi connectivity index (χ4n) is 5.17. The van der Waals surface area contributed by atoms with Crippen molar-refractivity contribution in [1.29, 1.82) is 0 Å². The largest absolute Gasteiger partial charge is 0.438 e. The van der Waals surface area contributed by atoms with Gasteiger partial charge in [-0.15, -0.1) is 0 Å². The first-order valence-corrected chi connectivity index (χ1v) is 9.13. The van der Waals surface area contributed by atoms with Gasteiger partial charge in [0, 0.05) is 5.41 Å². The number of carbonyl (C=O) groups excluding carboxylic acids is 2. The maximum atomic E-state index is 12.7. The number of hydrogen-bond donors (Lipinski definition) is 0. The third-order valence-corrected chi connectivity index (χ3v) is 6.57. The molecule has 0 atom stereocenters. The Labute approximate surface area is 139 Å². The second kappa shape index (κ2) is 6.19. The van der Waals surface area contributed by atoms with Gasteiger partial charge in [0.05, 0.1) is 5.41 Å². The molecule has 23 heavy (non-hydrogen) atoms. The number of rotatable bonds is 7. The first kappa shape index (κ1) is 16.9. The zero-order valence-electron chi connectivity index (χ0n) is 14.7. The lowest BCUT2D eigenvalue weighted by molar-refractivity contribution is -0.171. The third-order valence-electron chi connectivity index (χ3n) is 6.57. The van der Waals surface area contributed by atoms with E-state index in [0.29, 0.717) is 0 Å². The normalized spacial score (nSPS) is 35.3. The Balaban J connectivity index is 1.46. The van der Waals surface area contributed by atoms with E-state index in [2.05, 4.69) is 0 Å². The smallest absolute Gasteiger partial charge is 0.313 e. The van der Waals surface area contributed by atoms with Gasteiger partial charge in [-0.2, -0.15) is 0 Å². The Morgan fingerprint density at radius 2 is 1.57 bits per heavy atom. The van der Waals surface area contributed by atoms with E-state index in [0.717, 1.165) is 43.4 Å². The van der Waals surface area contributed by atoms with E-state index in [1.54, 1.807) is 0 Å². The first-order valence-electron chi connectivity index (χ1n) is 9.13. The predicted octanol–water partition coefficient (Wildman–Crippen LogP) is 3.73. The highest BCUT2D eigenvalue weighted by atomic mass is 16.7. The summed E-state index contributed by atoms with van der Waals surface area (Å²) < 4.78 is 10.6. The van der Waals surface area contributed by atoms with Crippen LogP contribution in [0, 0.1) is 28.6 Å². The summed E-state index contributed by atoms with van der Waals surface area (Å²) in [5, 5.41) is 0. The molecule has 130 valence electrons. The molecule has 0 unspecified atom stereocenters. The molecule has 4 bridgehead atoms. The van der Waals surface area contributed by atoms with Crippen LogP contribution in [0.3, 0.4) is 0 Å². The first-order chi connectivity index (χ1) is 10.8. The fraction of sp³-hybridized carbons (Fsp3) is 0.895. The zero-order valence-corrected chi connectivity index (χ0v) is 14.7. The van der Waals surface area contributed by atoms with Crippen LogP contribution in [0.1, 0.15) is 65.7 Å². The van der Waals surface area contributed by atoms with Crippen molar-refractivity contribution in [3.8, 4) is 0 Å². The predicted molar refractivity (Wildman–Crippen MR) is 86.6 cm³/mol. The fourth-order valence-corrected chi connectivity index (χ4v) is 5.17. The van der Waals surface area contributed by atoms with Crippen LogP contribution in [-0.2, 0) is 19.1 Å². The maximum absolute atomic E-state index is 12.7. The molecule has 0 aromatic heterocycles. The maximum Gasteiger partial charge on any atom is 0.313 e. The number of ketones is 1. The van der Waals surface area contributed by atoms with Gasteiger partial charge in [0.1, 0.15) is 6.61 Å². The van der Waals surface area contributed by atoms with E-state index in [-0.39, 0.29) is 30.6 Å². The average Bonchev–Trinajstić information content (AvgIpc) is 2.49. The molecule has 0 aliphatic heterocycles. The Kier molecular flexibility index (Phi) is 4.56. The minimum atomic E-state index is -0.493. The lowest BCUT2D eigenvalue weighted by Crippen LogP contribution is -2.51. The summed E-state index contributed by atoms with van der Waals surface area (Å²) >= 11 is 0. The third kappa shape index (κ3) is 3.33. The Morgan fingerprint density at radius 3 is 2.04 bits per heavy atom. The van der Waals surface area contributed by atoms with Crippen LogP contribution in [0.4, 0.5) is 0 Å². The molecule has 0 aromatic rings. The summed E-state index contributed by atoms with van der Waals surface area (Å²) in [6.07, 6.45) is 7.89. The van der Waals surface area contributed by atoms with Gasteiger partial charge in [0.25, 0.3) is 0 Å². The highest BCUT2D eigenvalue weighted by Crippen LogP contribution is 2.60. The van der Waals surface area contributed by atoms with E-state index in [1.807, 2.05) is 20.8 Å². The second-order valence-corrected chi connectivity index (χ2v) is 8.76. The van der Waals surface area contributed by atoms with Crippen LogP contribution < -0.4 is 0 Å². The highest BCUT2D eigenvalue weighted by Gasteiger charge is 2.54. The molecule has 4 saturated carbocycles. The molecule has 0 amide bonds. The molecule has 4 heteroatoms. The minimum Gasteiger partial charge on any atom is -0.438 e. The van der Waals surface area contributed by atoms with Gasteiger partial charge in [-0.05, 0) is 76.5 Å². The van der Waals surface area contributed by atoms with Gasteiger partial charge in [-0.3, -0.25) is 9.59 Å². The Bertz CT molecular complexity index is 444. The number of carbonyl (C=O) groups is 2. The summed E-state index contributed by atoms with van der Waals surface area (Å²) in [7, 11) is 0. The summed E-state index contributed by atoms with van der Waals surface area (Å²) in [5.74, 6) is 2.25. The summed E-state index contributed by atoms with van der Waals surface area (Å²) in [5.41, 5.74) is -0.616. The van der Waals surface area contributed by atoms with E-state index >= 15 is 0 Å². The molecular formula is C19H30O4. The van der Waals surface area contributed by atoms with Crippen LogP contribution in [0.5, 0.6) is 0 Å². The quantitative estimate of drug-likeness (QED) is 0.407. The average molecular weight is 322 g/mol. The van der Waals surface area contributed by atoms with Crippen molar-refractivity contribution in [2.24, 2.45) is 28.6 Å². The second-order valence-electron chi connectivity index (χ2n) is 8.76. The van der Waals surface area contributed by atoms with Crippen LogP contribution in [0.2, 0.25) is 0 Å². The van der Waals surface area contributed by atoms with Gasteiger partial charge in [-0.25, -0.2) is 0 Å². The summed E-state index contributed by atoms with van der Waals surface area (Å²) in [6.45, 7) is 5.65. The van der Waals surface area contributed by atoms with Crippen LogP contribution in [-0.4, -0.2) is 25.2 Å². The molecule has 4 aliphatic carbocycles. The van der Waals surface area contributed by atoms with Gasteiger partial charge in [0.15, 0.2) is 12.6 Å². The lowest BCUT2D eigenvalue weighted by Gasteiger charge is -2.55. The summed E-state index contributed by atoms with van der Waals surface area (Å²) in [4.78, 5) is 24.6. The topological polar surface area (TPSA) is 52.6 Å². The number of ether oxygens (including phenoxy) is 2. The Hall–Kier alpha value is -0.900. The van der Waals surface area contributed by atoms with Gasteiger partial charge in [-0.1, -0.05) is 6.92 Å². The molecule has 0 N–H and O–H groups in total. The molecule has 4 fully saturated rings. The molecule has 4 rings (SSSR count). The monoisotopic (exact) mass is 322 g/mol. The van der Waals surface area contributed by atoms with Crippen molar-refractivity contribution in [3.05, 3.63) is 0 Å². The number of Topliss-reactive ketones (excluding diaryl/α,β-unsaturated/α-hetero) is 1. The van der Waals surface area contributed by atoms with Crippen molar-refractivity contribution < 1.29 is 19.1 Å². The molecule has 4 nitrogen and oxygen atoms in total. The van der Waals surface area contributed by atoms with E-state index < -0.39 is 5.41 Å². The molecule has 4 aliphatic rings. The SMILES string of the molecule is CCC(C)(C)C(=O)OCOCC(=O)C12CC3CC(CC(C3)C1)C2. The van der Waals surface area contributed by atoms with Crippen LogP contribution in [0.25, 0.3) is 0 Å². The lowest BCUT2D eigenvalue weighted by atomic mass is 9.48. The van der Waals surface area contributed by atoms with Crippen molar-refractivity contribution in [2.45, 2.75) is 65.7 Å². The molecule has 0 radical (unpaired) electrons.